The Morgan fingerprint density at radius 2 is 1.55 bits per heavy atom. The summed E-state index contributed by atoms with van der Waals surface area (Å²) in [5, 5.41) is 0. The second kappa shape index (κ2) is 8.49. The predicted octanol–water partition coefficient (Wildman–Crippen LogP) is 6.27. The average Bonchev–Trinajstić information content (AvgIpc) is 2.76. The van der Waals surface area contributed by atoms with Gasteiger partial charge in [0, 0.05) is 11.8 Å². The summed E-state index contributed by atoms with van der Waals surface area (Å²) < 4.78 is 13.6. The highest BCUT2D eigenvalue weighted by Gasteiger charge is 2.29. The lowest BCUT2D eigenvalue weighted by Gasteiger charge is -2.30. The third-order valence-corrected chi connectivity index (χ3v) is 4.64. The van der Waals surface area contributed by atoms with Gasteiger partial charge in [-0.2, -0.15) is 4.39 Å². The SMILES string of the molecule is CCCCCCC(C)(CCCCC)c1c[nH]c(F)c1C. The molecule has 0 amide bonds. The van der Waals surface area contributed by atoms with Crippen LogP contribution in [0.3, 0.4) is 0 Å². The van der Waals surface area contributed by atoms with Crippen LogP contribution < -0.4 is 0 Å². The number of aromatic amines is 1. The van der Waals surface area contributed by atoms with Crippen LogP contribution >= 0.6 is 0 Å². The maximum absolute atomic E-state index is 13.6. The number of nitrogens with one attached hydrogen (secondary N) is 1. The zero-order valence-electron chi connectivity index (χ0n) is 13.8. The fourth-order valence-corrected chi connectivity index (χ4v) is 3.20. The molecule has 0 aliphatic rings. The van der Waals surface area contributed by atoms with Crippen molar-refractivity contribution in [3.63, 3.8) is 0 Å². The summed E-state index contributed by atoms with van der Waals surface area (Å²) in [6, 6.07) is 0. The second-order valence-corrected chi connectivity index (χ2v) is 6.47. The molecule has 1 nitrogen and oxygen atoms in total. The maximum Gasteiger partial charge on any atom is 0.194 e. The summed E-state index contributed by atoms with van der Waals surface area (Å²) in [5.74, 6) is -0.157. The van der Waals surface area contributed by atoms with Gasteiger partial charge >= 0.3 is 0 Å². The van der Waals surface area contributed by atoms with E-state index >= 15 is 0 Å². The summed E-state index contributed by atoms with van der Waals surface area (Å²) >= 11 is 0. The van der Waals surface area contributed by atoms with E-state index in [-0.39, 0.29) is 11.4 Å². The largest absolute Gasteiger partial charge is 0.338 e. The van der Waals surface area contributed by atoms with E-state index in [1.807, 2.05) is 13.1 Å². The molecule has 0 saturated carbocycles. The van der Waals surface area contributed by atoms with E-state index < -0.39 is 0 Å². The van der Waals surface area contributed by atoms with E-state index in [9.17, 15) is 4.39 Å². The normalized spacial score (nSPS) is 14.4. The van der Waals surface area contributed by atoms with Crippen LogP contribution in [0.1, 0.15) is 89.7 Å². The van der Waals surface area contributed by atoms with Crippen molar-refractivity contribution in [2.75, 3.05) is 0 Å². The first-order valence-electron chi connectivity index (χ1n) is 8.39. The molecule has 0 aliphatic heterocycles. The zero-order chi connectivity index (χ0) is 15.0. The Morgan fingerprint density at radius 1 is 1.00 bits per heavy atom. The molecular formula is C18H32FN. The van der Waals surface area contributed by atoms with Crippen LogP contribution in [0.5, 0.6) is 0 Å². The molecule has 1 aromatic rings. The fourth-order valence-electron chi connectivity index (χ4n) is 3.20. The molecule has 0 radical (unpaired) electrons. The van der Waals surface area contributed by atoms with Crippen molar-refractivity contribution in [1.82, 2.24) is 4.98 Å². The summed E-state index contributed by atoms with van der Waals surface area (Å²) in [5.41, 5.74) is 2.15. The van der Waals surface area contributed by atoms with Gasteiger partial charge in [-0.1, -0.05) is 65.7 Å². The Morgan fingerprint density at radius 3 is 2.05 bits per heavy atom. The fraction of sp³-hybridized carbons (Fsp3) is 0.778. The Balaban J connectivity index is 2.74. The third kappa shape index (κ3) is 4.64. The van der Waals surface area contributed by atoms with Crippen molar-refractivity contribution in [2.24, 2.45) is 0 Å². The van der Waals surface area contributed by atoms with Crippen molar-refractivity contribution in [1.29, 1.82) is 0 Å². The Hall–Kier alpha value is -0.790. The van der Waals surface area contributed by atoms with Crippen molar-refractivity contribution in [2.45, 2.75) is 90.9 Å². The quantitative estimate of drug-likeness (QED) is 0.486. The van der Waals surface area contributed by atoms with E-state index in [1.54, 1.807) is 0 Å². The molecule has 1 unspecified atom stereocenters. The molecule has 2 heteroatoms. The molecule has 1 atom stereocenters. The lowest BCUT2D eigenvalue weighted by atomic mass is 9.74. The first-order valence-corrected chi connectivity index (χ1v) is 8.39. The highest BCUT2D eigenvalue weighted by Crippen LogP contribution is 2.37. The zero-order valence-corrected chi connectivity index (χ0v) is 13.8. The van der Waals surface area contributed by atoms with Gasteiger partial charge in [0.15, 0.2) is 5.95 Å². The van der Waals surface area contributed by atoms with Gasteiger partial charge in [0.25, 0.3) is 0 Å². The lowest BCUT2D eigenvalue weighted by Crippen LogP contribution is -2.22. The van der Waals surface area contributed by atoms with Gasteiger partial charge in [-0.15, -0.1) is 0 Å². The molecule has 0 saturated heterocycles. The van der Waals surface area contributed by atoms with Gasteiger partial charge in [0.05, 0.1) is 0 Å². The monoisotopic (exact) mass is 281 g/mol. The van der Waals surface area contributed by atoms with E-state index in [2.05, 4.69) is 25.8 Å². The molecule has 116 valence electrons. The molecule has 0 spiro atoms. The van der Waals surface area contributed by atoms with Crippen LogP contribution in [0.2, 0.25) is 0 Å². The van der Waals surface area contributed by atoms with E-state index in [4.69, 9.17) is 0 Å². The number of H-pyrrole nitrogens is 1. The van der Waals surface area contributed by atoms with Gasteiger partial charge in [-0.3, -0.25) is 0 Å². The lowest BCUT2D eigenvalue weighted by molar-refractivity contribution is 0.364. The summed E-state index contributed by atoms with van der Waals surface area (Å²) in [6.45, 7) is 8.71. The number of hydrogen-bond donors (Lipinski definition) is 1. The van der Waals surface area contributed by atoms with Crippen molar-refractivity contribution < 1.29 is 4.39 Å². The van der Waals surface area contributed by atoms with Crippen LogP contribution in [-0.4, -0.2) is 4.98 Å². The van der Waals surface area contributed by atoms with Gasteiger partial charge in [-0.05, 0) is 30.7 Å². The van der Waals surface area contributed by atoms with Crippen molar-refractivity contribution in [3.05, 3.63) is 23.3 Å². The Kier molecular flexibility index (Phi) is 7.32. The highest BCUT2D eigenvalue weighted by atomic mass is 19.1. The first-order chi connectivity index (χ1) is 9.55. The van der Waals surface area contributed by atoms with Gasteiger partial charge in [0.2, 0.25) is 0 Å². The molecule has 1 aromatic heterocycles. The Labute approximate surface area is 124 Å². The second-order valence-electron chi connectivity index (χ2n) is 6.47. The summed E-state index contributed by atoms with van der Waals surface area (Å²) in [4.78, 5) is 2.77. The highest BCUT2D eigenvalue weighted by molar-refractivity contribution is 5.31. The summed E-state index contributed by atoms with van der Waals surface area (Å²) in [7, 11) is 0. The molecule has 0 aromatic carbocycles. The van der Waals surface area contributed by atoms with Gasteiger partial charge in [0.1, 0.15) is 0 Å². The molecule has 1 N–H and O–H groups in total. The van der Waals surface area contributed by atoms with Crippen molar-refractivity contribution >= 4 is 0 Å². The molecule has 1 rings (SSSR count). The van der Waals surface area contributed by atoms with Crippen LogP contribution in [0.4, 0.5) is 4.39 Å². The predicted molar refractivity (Wildman–Crippen MR) is 85.7 cm³/mol. The van der Waals surface area contributed by atoms with Crippen LogP contribution in [-0.2, 0) is 5.41 Å². The molecular weight excluding hydrogens is 249 g/mol. The average molecular weight is 281 g/mol. The Bertz CT molecular complexity index is 383. The smallest absolute Gasteiger partial charge is 0.194 e. The standard InChI is InChI=1S/C18H32FN/c1-5-7-9-11-13-18(4,12-10-8-6-2)16-14-20-17(19)15(16)3/h14,20H,5-13H2,1-4H3. The van der Waals surface area contributed by atoms with Crippen molar-refractivity contribution in [3.8, 4) is 0 Å². The number of halogens is 1. The van der Waals surface area contributed by atoms with Gasteiger partial charge in [-0.25, -0.2) is 0 Å². The third-order valence-electron chi connectivity index (χ3n) is 4.64. The maximum atomic E-state index is 13.6. The van der Waals surface area contributed by atoms with Crippen LogP contribution in [0.25, 0.3) is 0 Å². The number of unbranched alkanes of at least 4 members (excludes halogenated alkanes) is 5. The minimum Gasteiger partial charge on any atom is -0.338 e. The molecule has 20 heavy (non-hydrogen) atoms. The molecule has 0 fully saturated rings. The van der Waals surface area contributed by atoms with E-state index in [0.29, 0.717) is 0 Å². The number of aromatic nitrogens is 1. The first kappa shape index (κ1) is 17.3. The summed E-state index contributed by atoms with van der Waals surface area (Å²) in [6.07, 6.45) is 13.1. The van der Waals surface area contributed by atoms with Gasteiger partial charge < -0.3 is 4.98 Å². The van der Waals surface area contributed by atoms with Crippen LogP contribution in [0.15, 0.2) is 6.20 Å². The van der Waals surface area contributed by atoms with E-state index in [0.717, 1.165) is 5.56 Å². The molecule has 1 heterocycles. The number of rotatable bonds is 10. The van der Waals surface area contributed by atoms with E-state index in [1.165, 1.54) is 63.4 Å². The number of hydrogen-bond acceptors (Lipinski definition) is 0. The topological polar surface area (TPSA) is 15.8 Å². The minimum absolute atomic E-state index is 0.133. The minimum atomic E-state index is -0.157. The molecule has 0 aliphatic carbocycles. The molecule has 0 bridgehead atoms. The van der Waals surface area contributed by atoms with Crippen LogP contribution in [0, 0.1) is 12.9 Å².